The van der Waals surface area contributed by atoms with Gasteiger partial charge >= 0.3 is 0 Å². The first-order chi connectivity index (χ1) is 13.6. The highest BCUT2D eigenvalue weighted by Crippen LogP contribution is 2.27. The third kappa shape index (κ3) is 5.10. The van der Waals surface area contributed by atoms with E-state index in [1.165, 1.54) is 22.6 Å². The fourth-order valence-electron chi connectivity index (χ4n) is 3.35. The van der Waals surface area contributed by atoms with Gasteiger partial charge in [0, 0.05) is 11.6 Å². The van der Waals surface area contributed by atoms with Gasteiger partial charge in [0.1, 0.15) is 12.4 Å². The van der Waals surface area contributed by atoms with Gasteiger partial charge in [0.05, 0.1) is 40.4 Å². The lowest BCUT2D eigenvalue weighted by Gasteiger charge is -2.31. The van der Waals surface area contributed by atoms with Crippen molar-refractivity contribution in [2.45, 2.75) is 6.54 Å². The smallest absolute Gasteiger partial charge is 0.246 e. The molecule has 1 N–H and O–H groups in total. The Balaban J connectivity index is 1.51. The second kappa shape index (κ2) is 9.37. The van der Waals surface area contributed by atoms with Crippen LogP contribution in [0.5, 0.6) is 11.5 Å². The Morgan fingerprint density at radius 1 is 1.07 bits per heavy atom. The van der Waals surface area contributed by atoms with Gasteiger partial charge in [-0.2, -0.15) is 0 Å². The fourth-order valence-corrected chi connectivity index (χ4v) is 3.35. The van der Waals surface area contributed by atoms with Crippen molar-refractivity contribution in [3.05, 3.63) is 65.5 Å². The van der Waals surface area contributed by atoms with Gasteiger partial charge in [-0.25, -0.2) is 4.39 Å². The molecule has 1 aliphatic rings. The number of carbonyl (C=O) groups excluding carboxylic acids is 1. The summed E-state index contributed by atoms with van der Waals surface area (Å²) < 4.78 is 23.6. The van der Waals surface area contributed by atoms with Crippen molar-refractivity contribution >= 4 is 12.0 Å². The number of piperazine rings is 1. The van der Waals surface area contributed by atoms with E-state index in [0.717, 1.165) is 49.8 Å². The van der Waals surface area contributed by atoms with Crippen molar-refractivity contribution in [2.24, 2.45) is 0 Å². The minimum Gasteiger partial charge on any atom is -0.493 e. The number of carbonyl (C=O) groups is 1. The first-order valence-corrected chi connectivity index (χ1v) is 9.36. The van der Waals surface area contributed by atoms with Crippen molar-refractivity contribution < 1.29 is 23.6 Å². The number of ether oxygens (including phenoxy) is 2. The number of methoxy groups -OCH3 is 2. The molecule has 5 nitrogen and oxygen atoms in total. The van der Waals surface area contributed by atoms with Crippen LogP contribution in [0.1, 0.15) is 11.1 Å². The highest BCUT2D eigenvalue weighted by Gasteiger charge is 2.22. The normalized spacial score (nSPS) is 15.0. The maximum absolute atomic E-state index is 12.9. The van der Waals surface area contributed by atoms with Gasteiger partial charge in [-0.3, -0.25) is 4.79 Å². The standard InChI is InChI=1S/C22H25FN2O3/c1-27-20-9-5-18(15-21(20)28-2)16-24-11-13-25(14-12-24)22(26)10-6-17-3-7-19(23)8-4-17/h3-10,15H,11-14,16H2,1-2H3/p+1/b10-6+. The summed E-state index contributed by atoms with van der Waals surface area (Å²) in [5.41, 5.74) is 2.00. The molecule has 2 aromatic rings. The summed E-state index contributed by atoms with van der Waals surface area (Å²) in [5.74, 6) is 1.18. The Labute approximate surface area is 165 Å². The summed E-state index contributed by atoms with van der Waals surface area (Å²) in [6.07, 6.45) is 3.29. The third-order valence-electron chi connectivity index (χ3n) is 4.97. The molecule has 1 heterocycles. The average Bonchev–Trinajstić information content (AvgIpc) is 2.73. The van der Waals surface area contributed by atoms with E-state index in [0.29, 0.717) is 0 Å². The summed E-state index contributed by atoms with van der Waals surface area (Å²) in [5, 5.41) is 0. The Kier molecular flexibility index (Phi) is 6.66. The van der Waals surface area contributed by atoms with Crippen LogP contribution in [-0.4, -0.2) is 51.2 Å². The zero-order valence-electron chi connectivity index (χ0n) is 16.3. The lowest BCUT2D eigenvalue weighted by molar-refractivity contribution is -0.917. The lowest BCUT2D eigenvalue weighted by Crippen LogP contribution is -3.13. The maximum atomic E-state index is 12.9. The van der Waals surface area contributed by atoms with Gasteiger partial charge < -0.3 is 19.3 Å². The Bertz CT molecular complexity index is 828. The minimum absolute atomic E-state index is 0.00510. The second-order valence-corrected chi connectivity index (χ2v) is 6.83. The maximum Gasteiger partial charge on any atom is 0.246 e. The number of amides is 1. The molecule has 6 heteroatoms. The predicted octanol–water partition coefficient (Wildman–Crippen LogP) is 1.78. The van der Waals surface area contributed by atoms with Crippen LogP contribution < -0.4 is 14.4 Å². The molecule has 1 aliphatic heterocycles. The van der Waals surface area contributed by atoms with E-state index < -0.39 is 0 Å². The monoisotopic (exact) mass is 385 g/mol. The number of benzene rings is 2. The van der Waals surface area contributed by atoms with E-state index >= 15 is 0 Å². The summed E-state index contributed by atoms with van der Waals surface area (Å²) >= 11 is 0. The van der Waals surface area contributed by atoms with Crippen LogP contribution >= 0.6 is 0 Å². The molecule has 0 bridgehead atoms. The first kappa shape index (κ1) is 19.9. The van der Waals surface area contributed by atoms with Crippen molar-refractivity contribution in [1.29, 1.82) is 0 Å². The lowest BCUT2D eigenvalue weighted by atomic mass is 10.1. The largest absolute Gasteiger partial charge is 0.493 e. The zero-order chi connectivity index (χ0) is 19.9. The Hall–Kier alpha value is -2.86. The van der Waals surface area contributed by atoms with Crippen molar-refractivity contribution in [3.8, 4) is 11.5 Å². The molecular formula is C22H26FN2O3+. The highest BCUT2D eigenvalue weighted by atomic mass is 19.1. The van der Waals surface area contributed by atoms with Gasteiger partial charge in [-0.05, 0) is 42.0 Å². The van der Waals surface area contributed by atoms with Crippen molar-refractivity contribution in [1.82, 2.24) is 4.90 Å². The van der Waals surface area contributed by atoms with Crippen LogP contribution in [0.4, 0.5) is 4.39 Å². The molecule has 0 saturated carbocycles. The molecule has 0 aliphatic carbocycles. The number of hydrogen-bond acceptors (Lipinski definition) is 3. The molecule has 28 heavy (non-hydrogen) atoms. The number of quaternary nitrogens is 1. The van der Waals surface area contributed by atoms with Gasteiger partial charge in [0.25, 0.3) is 0 Å². The Morgan fingerprint density at radius 2 is 1.75 bits per heavy atom. The topological polar surface area (TPSA) is 43.2 Å². The summed E-state index contributed by atoms with van der Waals surface area (Å²) in [6, 6.07) is 12.1. The SMILES string of the molecule is COc1ccc(C[NH+]2CCN(C(=O)/C=C/c3ccc(F)cc3)CC2)cc1OC. The quantitative estimate of drug-likeness (QED) is 0.771. The van der Waals surface area contributed by atoms with Crippen LogP contribution in [-0.2, 0) is 11.3 Å². The van der Waals surface area contributed by atoms with Gasteiger partial charge in [0.2, 0.25) is 5.91 Å². The molecule has 0 spiro atoms. The van der Waals surface area contributed by atoms with E-state index in [1.807, 2.05) is 17.0 Å². The molecule has 2 aromatic carbocycles. The average molecular weight is 385 g/mol. The van der Waals surface area contributed by atoms with Gasteiger partial charge in [-0.15, -0.1) is 0 Å². The Morgan fingerprint density at radius 3 is 2.39 bits per heavy atom. The molecule has 0 aromatic heterocycles. The van der Waals surface area contributed by atoms with Crippen LogP contribution in [0.2, 0.25) is 0 Å². The number of hydrogen-bond donors (Lipinski definition) is 1. The molecule has 0 atom stereocenters. The zero-order valence-corrected chi connectivity index (χ0v) is 16.3. The summed E-state index contributed by atoms with van der Waals surface area (Å²) in [6.45, 7) is 4.10. The van der Waals surface area contributed by atoms with Crippen molar-refractivity contribution in [3.63, 3.8) is 0 Å². The van der Waals surface area contributed by atoms with Crippen LogP contribution in [0, 0.1) is 5.82 Å². The summed E-state index contributed by atoms with van der Waals surface area (Å²) in [7, 11) is 3.27. The molecule has 1 saturated heterocycles. The van der Waals surface area contributed by atoms with Crippen molar-refractivity contribution in [2.75, 3.05) is 40.4 Å². The molecular weight excluding hydrogens is 359 g/mol. The second-order valence-electron chi connectivity index (χ2n) is 6.83. The number of nitrogens with zero attached hydrogens (tertiary/aromatic N) is 1. The fraction of sp³-hybridized carbons (Fsp3) is 0.318. The van der Waals surface area contributed by atoms with E-state index in [1.54, 1.807) is 38.5 Å². The van der Waals surface area contributed by atoms with Gasteiger partial charge in [-0.1, -0.05) is 12.1 Å². The number of halogens is 1. The first-order valence-electron chi connectivity index (χ1n) is 9.36. The van der Waals surface area contributed by atoms with E-state index in [4.69, 9.17) is 9.47 Å². The van der Waals surface area contributed by atoms with Crippen LogP contribution in [0.3, 0.4) is 0 Å². The highest BCUT2D eigenvalue weighted by molar-refractivity contribution is 5.91. The van der Waals surface area contributed by atoms with Crippen LogP contribution in [0.25, 0.3) is 6.08 Å². The molecule has 1 fully saturated rings. The number of rotatable bonds is 6. The van der Waals surface area contributed by atoms with Crippen LogP contribution in [0.15, 0.2) is 48.5 Å². The number of nitrogens with one attached hydrogen (secondary N) is 1. The minimum atomic E-state index is -0.281. The molecule has 1 amide bonds. The van der Waals surface area contributed by atoms with Gasteiger partial charge in [0.15, 0.2) is 11.5 Å². The third-order valence-corrected chi connectivity index (χ3v) is 4.97. The molecule has 0 radical (unpaired) electrons. The van der Waals surface area contributed by atoms with E-state index in [9.17, 15) is 9.18 Å². The van der Waals surface area contributed by atoms with E-state index in [2.05, 4.69) is 6.07 Å². The predicted molar refractivity (Wildman–Crippen MR) is 106 cm³/mol. The molecule has 0 unspecified atom stereocenters. The molecule has 148 valence electrons. The summed E-state index contributed by atoms with van der Waals surface area (Å²) in [4.78, 5) is 15.7. The van der Waals surface area contributed by atoms with E-state index in [-0.39, 0.29) is 11.7 Å². The molecule has 3 rings (SSSR count).